The first-order valence-corrected chi connectivity index (χ1v) is 3.80. The maximum absolute atomic E-state index is 3.94. The average molecular weight is 138 g/mol. The van der Waals surface area contributed by atoms with Crippen LogP contribution in [0.4, 0.5) is 0 Å². The Bertz CT molecular complexity index is 155. The van der Waals surface area contributed by atoms with Crippen molar-refractivity contribution in [3.8, 4) is 0 Å². The Balaban J connectivity index is 4.61. The van der Waals surface area contributed by atoms with Crippen molar-refractivity contribution in [1.82, 2.24) is 0 Å². The van der Waals surface area contributed by atoms with Gasteiger partial charge in [-0.1, -0.05) is 31.6 Å². The second kappa shape index (κ2) is 3.60. The molecule has 0 aromatic heterocycles. The number of rotatable bonds is 2. The normalized spacial score (nSPS) is 9.80. The zero-order valence-corrected chi connectivity index (χ0v) is 7.78. The molecule has 0 aliphatic carbocycles. The standard InChI is InChI=1S/C10H18/c1-7(2)10(8(3)4)9(5)6/h8H,1H2,2-6H3. The fraction of sp³-hybridized carbons (Fsp3) is 0.600. The van der Waals surface area contributed by atoms with Crippen molar-refractivity contribution in [3.63, 3.8) is 0 Å². The van der Waals surface area contributed by atoms with Crippen molar-refractivity contribution in [2.24, 2.45) is 5.92 Å². The minimum absolute atomic E-state index is 0.613. The van der Waals surface area contributed by atoms with Gasteiger partial charge in [0.25, 0.3) is 0 Å². The van der Waals surface area contributed by atoms with Gasteiger partial charge in [-0.15, -0.1) is 0 Å². The fourth-order valence-electron chi connectivity index (χ4n) is 1.50. The predicted octanol–water partition coefficient (Wildman–Crippen LogP) is 3.55. The maximum Gasteiger partial charge on any atom is -0.0217 e. The van der Waals surface area contributed by atoms with Gasteiger partial charge in [-0.3, -0.25) is 0 Å². The predicted molar refractivity (Wildman–Crippen MR) is 48.0 cm³/mol. The molecule has 0 atom stereocenters. The van der Waals surface area contributed by atoms with Gasteiger partial charge in [-0.2, -0.15) is 0 Å². The van der Waals surface area contributed by atoms with E-state index in [9.17, 15) is 0 Å². The summed E-state index contributed by atoms with van der Waals surface area (Å²) in [6.45, 7) is 14.7. The van der Waals surface area contributed by atoms with Crippen LogP contribution in [0.2, 0.25) is 0 Å². The van der Waals surface area contributed by atoms with Gasteiger partial charge in [0.15, 0.2) is 0 Å². The molecule has 0 fully saturated rings. The zero-order valence-electron chi connectivity index (χ0n) is 7.78. The van der Waals surface area contributed by atoms with Crippen molar-refractivity contribution in [1.29, 1.82) is 0 Å². The van der Waals surface area contributed by atoms with E-state index in [0.29, 0.717) is 5.92 Å². The van der Waals surface area contributed by atoms with Crippen LogP contribution in [0.15, 0.2) is 23.3 Å². The van der Waals surface area contributed by atoms with E-state index in [2.05, 4.69) is 41.2 Å². The van der Waals surface area contributed by atoms with Crippen molar-refractivity contribution in [2.75, 3.05) is 0 Å². The number of allylic oxidation sites excluding steroid dienone is 3. The summed E-state index contributed by atoms with van der Waals surface area (Å²) in [5, 5.41) is 0. The van der Waals surface area contributed by atoms with E-state index < -0.39 is 0 Å². The van der Waals surface area contributed by atoms with E-state index in [1.165, 1.54) is 16.7 Å². The Morgan fingerprint density at radius 2 is 1.50 bits per heavy atom. The topological polar surface area (TPSA) is 0 Å². The lowest BCUT2D eigenvalue weighted by Gasteiger charge is -2.12. The van der Waals surface area contributed by atoms with Gasteiger partial charge in [0.2, 0.25) is 0 Å². The molecule has 0 saturated carbocycles. The first-order valence-electron chi connectivity index (χ1n) is 3.80. The Labute approximate surface area is 64.6 Å². The molecule has 0 N–H and O–H groups in total. The van der Waals surface area contributed by atoms with Crippen molar-refractivity contribution in [2.45, 2.75) is 34.6 Å². The lowest BCUT2D eigenvalue weighted by molar-refractivity contribution is 0.766. The van der Waals surface area contributed by atoms with Crippen molar-refractivity contribution >= 4 is 0 Å². The lowest BCUT2D eigenvalue weighted by atomic mass is 9.93. The summed E-state index contributed by atoms with van der Waals surface area (Å²) in [7, 11) is 0. The largest absolute Gasteiger partial charge is 0.0958 e. The van der Waals surface area contributed by atoms with Gasteiger partial charge in [0, 0.05) is 0 Å². The monoisotopic (exact) mass is 138 g/mol. The van der Waals surface area contributed by atoms with Crippen LogP contribution in [0.5, 0.6) is 0 Å². The van der Waals surface area contributed by atoms with Crippen molar-refractivity contribution < 1.29 is 0 Å². The molecule has 0 rings (SSSR count). The number of hydrogen-bond donors (Lipinski definition) is 0. The van der Waals surface area contributed by atoms with E-state index in [0.717, 1.165) is 0 Å². The molecule has 0 radical (unpaired) electrons. The van der Waals surface area contributed by atoms with Gasteiger partial charge in [0.1, 0.15) is 0 Å². The molecule has 0 spiro atoms. The highest BCUT2D eigenvalue weighted by molar-refractivity contribution is 5.31. The van der Waals surface area contributed by atoms with Crippen LogP contribution in [0.25, 0.3) is 0 Å². The summed E-state index contributed by atoms with van der Waals surface area (Å²) in [6.07, 6.45) is 0. The second-order valence-electron chi connectivity index (χ2n) is 3.35. The minimum atomic E-state index is 0.613. The van der Waals surface area contributed by atoms with Gasteiger partial charge >= 0.3 is 0 Å². The van der Waals surface area contributed by atoms with E-state index in [1.54, 1.807) is 0 Å². The molecule has 0 bridgehead atoms. The third-order valence-corrected chi connectivity index (χ3v) is 1.58. The molecule has 0 nitrogen and oxygen atoms in total. The molecule has 0 heteroatoms. The maximum atomic E-state index is 3.94. The highest BCUT2D eigenvalue weighted by Crippen LogP contribution is 2.20. The summed E-state index contributed by atoms with van der Waals surface area (Å²) in [5.41, 5.74) is 4.01. The van der Waals surface area contributed by atoms with Gasteiger partial charge < -0.3 is 0 Å². The zero-order chi connectivity index (χ0) is 8.31. The third-order valence-electron chi connectivity index (χ3n) is 1.58. The van der Waals surface area contributed by atoms with Crippen LogP contribution < -0.4 is 0 Å². The van der Waals surface area contributed by atoms with Gasteiger partial charge in [-0.05, 0) is 32.3 Å². The molecule has 0 aliphatic rings. The van der Waals surface area contributed by atoms with Crippen LogP contribution in [0, 0.1) is 5.92 Å². The van der Waals surface area contributed by atoms with Crippen LogP contribution in [-0.2, 0) is 0 Å². The Morgan fingerprint density at radius 1 is 1.10 bits per heavy atom. The first kappa shape index (κ1) is 9.48. The van der Waals surface area contributed by atoms with Crippen LogP contribution in [0.1, 0.15) is 34.6 Å². The highest BCUT2D eigenvalue weighted by atomic mass is 14.1. The van der Waals surface area contributed by atoms with E-state index in [4.69, 9.17) is 0 Å². The van der Waals surface area contributed by atoms with Crippen LogP contribution >= 0.6 is 0 Å². The summed E-state index contributed by atoms with van der Waals surface area (Å²) >= 11 is 0. The SMILES string of the molecule is C=C(C)C(=C(C)C)C(C)C. The van der Waals surface area contributed by atoms with E-state index in [1.807, 2.05) is 0 Å². The average Bonchev–Trinajstić information content (AvgIpc) is 1.59. The van der Waals surface area contributed by atoms with Gasteiger partial charge in [-0.25, -0.2) is 0 Å². The Hall–Kier alpha value is -0.520. The smallest absolute Gasteiger partial charge is 0.0217 e. The van der Waals surface area contributed by atoms with Crippen molar-refractivity contribution in [3.05, 3.63) is 23.3 Å². The second-order valence-corrected chi connectivity index (χ2v) is 3.35. The first-order chi connectivity index (χ1) is 4.46. The third kappa shape index (κ3) is 2.38. The molecule has 10 heavy (non-hydrogen) atoms. The summed E-state index contributed by atoms with van der Waals surface area (Å²) in [4.78, 5) is 0. The highest BCUT2D eigenvalue weighted by Gasteiger charge is 2.04. The Morgan fingerprint density at radius 3 is 1.50 bits per heavy atom. The molecule has 0 amide bonds. The Kier molecular flexibility index (Phi) is 3.41. The summed E-state index contributed by atoms with van der Waals surface area (Å²) < 4.78 is 0. The molecule has 0 aromatic rings. The lowest BCUT2D eigenvalue weighted by Crippen LogP contribution is -1.96. The summed E-state index contributed by atoms with van der Waals surface area (Å²) in [5.74, 6) is 0.613. The summed E-state index contributed by atoms with van der Waals surface area (Å²) in [6, 6.07) is 0. The molecule has 58 valence electrons. The van der Waals surface area contributed by atoms with E-state index in [-0.39, 0.29) is 0 Å². The molecule has 0 heterocycles. The molecular formula is C10H18. The van der Waals surface area contributed by atoms with Gasteiger partial charge in [0.05, 0.1) is 0 Å². The quantitative estimate of drug-likeness (QED) is 0.512. The fourth-order valence-corrected chi connectivity index (χ4v) is 1.50. The van der Waals surface area contributed by atoms with Crippen LogP contribution in [0.3, 0.4) is 0 Å². The minimum Gasteiger partial charge on any atom is -0.0958 e. The number of hydrogen-bond acceptors (Lipinski definition) is 0. The molecule has 0 unspecified atom stereocenters. The molecule has 0 aromatic carbocycles. The molecular weight excluding hydrogens is 120 g/mol. The molecule has 0 saturated heterocycles. The van der Waals surface area contributed by atoms with E-state index >= 15 is 0 Å². The van der Waals surface area contributed by atoms with Crippen LogP contribution in [-0.4, -0.2) is 0 Å². The molecule has 0 aliphatic heterocycles.